The summed E-state index contributed by atoms with van der Waals surface area (Å²) >= 11 is 0. The fourth-order valence-corrected chi connectivity index (χ4v) is 0.867. The average Bonchev–Trinajstić information content (AvgIpc) is 2.10. The van der Waals surface area contributed by atoms with Crippen molar-refractivity contribution in [3.05, 3.63) is 0 Å². The number of carbonyl (C=O) groups excluding carboxylic acids is 1. The highest BCUT2D eigenvalue weighted by Crippen LogP contribution is 1.88. The third-order valence-electron chi connectivity index (χ3n) is 1.66. The van der Waals surface area contributed by atoms with E-state index in [1.165, 1.54) is 0 Å². The first-order valence-corrected chi connectivity index (χ1v) is 4.24. The average molecular weight is 188 g/mol. The molecule has 13 heavy (non-hydrogen) atoms. The zero-order chi connectivity index (χ0) is 10.3. The van der Waals surface area contributed by atoms with Crippen LogP contribution in [-0.4, -0.2) is 36.6 Å². The molecule has 1 atom stereocenters. The lowest BCUT2D eigenvalue weighted by atomic mass is 10.2. The molecule has 0 rings (SSSR count). The van der Waals surface area contributed by atoms with Crippen molar-refractivity contribution >= 4 is 11.9 Å². The Labute approximate surface area is 77.5 Å². The van der Waals surface area contributed by atoms with Crippen molar-refractivity contribution in [2.75, 3.05) is 13.6 Å². The van der Waals surface area contributed by atoms with E-state index < -0.39 is 5.97 Å². The first kappa shape index (κ1) is 11.9. The normalized spacial score (nSPS) is 12.2. The second-order valence-corrected chi connectivity index (χ2v) is 2.79. The van der Waals surface area contributed by atoms with Crippen LogP contribution in [0.2, 0.25) is 0 Å². The van der Waals surface area contributed by atoms with E-state index in [0.717, 1.165) is 0 Å². The lowest BCUT2D eigenvalue weighted by Gasteiger charge is -2.10. The quantitative estimate of drug-likeness (QED) is 0.494. The van der Waals surface area contributed by atoms with Gasteiger partial charge < -0.3 is 15.7 Å². The molecule has 0 heterocycles. The Morgan fingerprint density at radius 2 is 2.08 bits per heavy atom. The lowest BCUT2D eigenvalue weighted by Crippen LogP contribution is -2.41. The van der Waals surface area contributed by atoms with Gasteiger partial charge in [0.15, 0.2) is 0 Å². The van der Waals surface area contributed by atoms with Crippen LogP contribution in [0.15, 0.2) is 0 Å². The van der Waals surface area contributed by atoms with Crippen LogP contribution in [0.3, 0.4) is 0 Å². The maximum Gasteiger partial charge on any atom is 0.303 e. The van der Waals surface area contributed by atoms with Crippen LogP contribution in [0.5, 0.6) is 0 Å². The van der Waals surface area contributed by atoms with Crippen molar-refractivity contribution in [1.29, 1.82) is 0 Å². The van der Waals surface area contributed by atoms with Crippen molar-refractivity contribution in [1.82, 2.24) is 10.6 Å². The molecule has 0 bridgehead atoms. The number of carboxylic acids is 1. The Hall–Kier alpha value is -1.10. The molecule has 5 nitrogen and oxygen atoms in total. The van der Waals surface area contributed by atoms with Crippen LogP contribution in [-0.2, 0) is 9.59 Å². The minimum absolute atomic E-state index is 0.0877. The largest absolute Gasteiger partial charge is 0.481 e. The standard InChI is InChI=1S/C8H16N2O3/c1-6(8(13)9-2)10-5-3-4-7(11)12/h6,10H,3-5H2,1-2H3,(H,9,13)(H,11,12). The SMILES string of the molecule is CNC(=O)C(C)NCCCC(=O)O. The minimum Gasteiger partial charge on any atom is -0.481 e. The van der Waals surface area contributed by atoms with Gasteiger partial charge in [0.25, 0.3) is 0 Å². The van der Waals surface area contributed by atoms with E-state index in [-0.39, 0.29) is 18.4 Å². The van der Waals surface area contributed by atoms with E-state index >= 15 is 0 Å². The molecule has 0 spiro atoms. The van der Waals surface area contributed by atoms with Gasteiger partial charge in [-0.1, -0.05) is 0 Å². The van der Waals surface area contributed by atoms with Crippen molar-refractivity contribution in [2.24, 2.45) is 0 Å². The van der Waals surface area contributed by atoms with Gasteiger partial charge in [-0.05, 0) is 19.9 Å². The predicted octanol–water partition coefficient (Wildman–Crippen LogP) is -0.425. The summed E-state index contributed by atoms with van der Waals surface area (Å²) in [5.74, 6) is -0.898. The summed E-state index contributed by atoms with van der Waals surface area (Å²) in [7, 11) is 1.57. The molecule has 0 aliphatic rings. The van der Waals surface area contributed by atoms with Crippen LogP contribution >= 0.6 is 0 Å². The van der Waals surface area contributed by atoms with Gasteiger partial charge >= 0.3 is 5.97 Å². The number of carbonyl (C=O) groups is 2. The Morgan fingerprint density at radius 1 is 1.46 bits per heavy atom. The Kier molecular flexibility index (Phi) is 5.88. The molecule has 0 saturated carbocycles. The molecule has 3 N–H and O–H groups in total. The van der Waals surface area contributed by atoms with Gasteiger partial charge in [0.2, 0.25) is 5.91 Å². The smallest absolute Gasteiger partial charge is 0.303 e. The molecule has 1 amide bonds. The van der Waals surface area contributed by atoms with Crippen molar-refractivity contribution in [3.8, 4) is 0 Å². The maximum atomic E-state index is 10.9. The van der Waals surface area contributed by atoms with Gasteiger partial charge in [0.1, 0.15) is 0 Å². The number of rotatable bonds is 6. The van der Waals surface area contributed by atoms with Crippen LogP contribution < -0.4 is 10.6 Å². The number of amides is 1. The van der Waals surface area contributed by atoms with E-state index in [9.17, 15) is 9.59 Å². The highest BCUT2D eigenvalue weighted by Gasteiger charge is 2.08. The number of hydrogen-bond donors (Lipinski definition) is 3. The van der Waals surface area contributed by atoms with Crippen LogP contribution in [0.4, 0.5) is 0 Å². The highest BCUT2D eigenvalue weighted by molar-refractivity contribution is 5.80. The van der Waals surface area contributed by atoms with Crippen LogP contribution in [0.1, 0.15) is 19.8 Å². The number of nitrogens with one attached hydrogen (secondary N) is 2. The molecule has 0 radical (unpaired) electrons. The number of hydrogen-bond acceptors (Lipinski definition) is 3. The summed E-state index contributed by atoms with van der Waals surface area (Å²) in [6, 6.07) is -0.265. The topological polar surface area (TPSA) is 78.4 Å². The van der Waals surface area contributed by atoms with Gasteiger partial charge in [0.05, 0.1) is 6.04 Å². The summed E-state index contributed by atoms with van der Waals surface area (Å²) in [6.45, 7) is 2.28. The van der Waals surface area contributed by atoms with Gasteiger partial charge in [-0.25, -0.2) is 0 Å². The molecule has 0 aliphatic heterocycles. The summed E-state index contributed by atoms with van der Waals surface area (Å²) < 4.78 is 0. The number of aliphatic carboxylic acids is 1. The molecule has 0 aromatic rings. The van der Waals surface area contributed by atoms with Gasteiger partial charge in [-0.15, -0.1) is 0 Å². The van der Waals surface area contributed by atoms with Crippen molar-refractivity contribution in [2.45, 2.75) is 25.8 Å². The van der Waals surface area contributed by atoms with E-state index in [0.29, 0.717) is 13.0 Å². The van der Waals surface area contributed by atoms with Crippen LogP contribution in [0.25, 0.3) is 0 Å². The zero-order valence-corrected chi connectivity index (χ0v) is 7.96. The molecule has 0 saturated heterocycles. The summed E-state index contributed by atoms with van der Waals surface area (Å²) in [5, 5.41) is 13.7. The lowest BCUT2D eigenvalue weighted by molar-refractivity contribution is -0.137. The summed E-state index contributed by atoms with van der Waals surface area (Å²) in [5.41, 5.74) is 0. The summed E-state index contributed by atoms with van der Waals surface area (Å²) in [4.78, 5) is 21.1. The van der Waals surface area contributed by atoms with Crippen LogP contribution in [0, 0.1) is 0 Å². The molecule has 0 aromatic heterocycles. The van der Waals surface area contributed by atoms with Gasteiger partial charge in [0, 0.05) is 13.5 Å². The second kappa shape index (κ2) is 6.42. The second-order valence-electron chi connectivity index (χ2n) is 2.79. The minimum atomic E-state index is -0.811. The zero-order valence-electron chi connectivity index (χ0n) is 7.96. The Bertz CT molecular complexity index is 182. The number of likely N-dealkylation sites (N-methyl/N-ethyl adjacent to an activating group) is 1. The molecule has 0 aromatic carbocycles. The molecule has 1 unspecified atom stereocenters. The van der Waals surface area contributed by atoms with E-state index in [1.807, 2.05) is 0 Å². The maximum absolute atomic E-state index is 10.9. The molecular formula is C8H16N2O3. The van der Waals surface area contributed by atoms with Crippen molar-refractivity contribution < 1.29 is 14.7 Å². The van der Waals surface area contributed by atoms with E-state index in [2.05, 4.69) is 10.6 Å². The third kappa shape index (κ3) is 6.10. The Balaban J connectivity index is 3.42. The van der Waals surface area contributed by atoms with Gasteiger partial charge in [-0.3, -0.25) is 9.59 Å². The highest BCUT2D eigenvalue weighted by atomic mass is 16.4. The molecule has 5 heteroatoms. The predicted molar refractivity (Wildman–Crippen MR) is 48.4 cm³/mol. The molecule has 0 fully saturated rings. The molecular weight excluding hydrogens is 172 g/mol. The fraction of sp³-hybridized carbons (Fsp3) is 0.750. The third-order valence-corrected chi connectivity index (χ3v) is 1.66. The van der Waals surface area contributed by atoms with Crippen molar-refractivity contribution in [3.63, 3.8) is 0 Å². The van der Waals surface area contributed by atoms with E-state index in [4.69, 9.17) is 5.11 Å². The molecule has 0 aliphatic carbocycles. The Morgan fingerprint density at radius 3 is 2.54 bits per heavy atom. The fourth-order valence-electron chi connectivity index (χ4n) is 0.867. The molecule has 76 valence electrons. The summed E-state index contributed by atoms with van der Waals surface area (Å²) in [6.07, 6.45) is 0.671. The van der Waals surface area contributed by atoms with Gasteiger partial charge in [-0.2, -0.15) is 0 Å². The first-order chi connectivity index (χ1) is 6.07. The monoisotopic (exact) mass is 188 g/mol. The number of carboxylic acid groups (broad SMARTS) is 1. The van der Waals surface area contributed by atoms with E-state index in [1.54, 1.807) is 14.0 Å². The first-order valence-electron chi connectivity index (χ1n) is 4.24.